The number of nitrogens with one attached hydrogen (secondary N) is 1. The van der Waals surface area contributed by atoms with Crippen LogP contribution in [0, 0.1) is 0 Å². The number of aromatic nitrogens is 1. The van der Waals surface area contributed by atoms with Gasteiger partial charge < -0.3 is 14.8 Å². The normalized spacial score (nSPS) is 13.7. The first-order chi connectivity index (χ1) is 11.1. The van der Waals surface area contributed by atoms with Crippen molar-refractivity contribution in [3.05, 3.63) is 66.4 Å². The molecule has 0 bridgehead atoms. The lowest BCUT2D eigenvalue weighted by Crippen LogP contribution is -2.34. The zero-order valence-corrected chi connectivity index (χ0v) is 12.8. The predicted octanol–water partition coefficient (Wildman–Crippen LogP) is 3.07. The first kappa shape index (κ1) is 15.2. The van der Waals surface area contributed by atoms with Gasteiger partial charge in [0.1, 0.15) is 17.6 Å². The molecule has 0 radical (unpaired) electrons. The molecule has 3 rings (SSSR count). The Hall–Kier alpha value is -2.66. The summed E-state index contributed by atoms with van der Waals surface area (Å²) in [5, 5.41) is 14.7. The summed E-state index contributed by atoms with van der Waals surface area (Å²) in [6.07, 6.45) is 2.76. The van der Waals surface area contributed by atoms with E-state index in [1.54, 1.807) is 18.3 Å². The number of carbonyl (C=O) groups excluding carboxylic acids is 1. The van der Waals surface area contributed by atoms with Gasteiger partial charge in [-0.25, -0.2) is 0 Å². The minimum absolute atomic E-state index is 0.219. The molecule has 2 unspecified atom stereocenters. The molecule has 0 saturated heterocycles. The minimum atomic E-state index is -0.749. The van der Waals surface area contributed by atoms with Gasteiger partial charge in [0.05, 0.1) is 6.26 Å². The molecule has 0 saturated carbocycles. The third kappa shape index (κ3) is 3.40. The molecule has 5 nitrogen and oxygen atoms in total. The molecule has 5 heteroatoms. The largest absolute Gasteiger partial charge is 0.467 e. The highest BCUT2D eigenvalue weighted by atomic mass is 16.4. The Morgan fingerprint density at radius 1 is 1.26 bits per heavy atom. The lowest BCUT2D eigenvalue weighted by molar-refractivity contribution is 0.0900. The van der Waals surface area contributed by atoms with E-state index >= 15 is 0 Å². The number of benzene rings is 1. The summed E-state index contributed by atoms with van der Waals surface area (Å²) in [6, 6.07) is 12.7. The second-order valence-electron chi connectivity index (χ2n) is 5.52. The van der Waals surface area contributed by atoms with E-state index in [9.17, 15) is 9.90 Å². The fourth-order valence-electron chi connectivity index (χ4n) is 2.58. The zero-order chi connectivity index (χ0) is 16.2. The van der Waals surface area contributed by atoms with Crippen molar-refractivity contribution in [3.63, 3.8) is 0 Å². The number of hydrogen-bond acceptors (Lipinski definition) is 4. The Morgan fingerprint density at radius 2 is 2.09 bits per heavy atom. The van der Waals surface area contributed by atoms with Crippen LogP contribution in [-0.4, -0.2) is 22.0 Å². The Bertz CT molecular complexity index is 794. The van der Waals surface area contributed by atoms with Crippen molar-refractivity contribution in [3.8, 4) is 0 Å². The Morgan fingerprint density at radius 3 is 2.87 bits per heavy atom. The highest BCUT2D eigenvalue weighted by Crippen LogP contribution is 2.20. The first-order valence-corrected chi connectivity index (χ1v) is 7.51. The highest BCUT2D eigenvalue weighted by molar-refractivity contribution is 6.05. The smallest absolute Gasteiger partial charge is 0.270 e. The van der Waals surface area contributed by atoms with Crippen molar-refractivity contribution in [2.45, 2.75) is 25.5 Å². The number of amides is 1. The van der Waals surface area contributed by atoms with E-state index in [1.807, 2.05) is 37.3 Å². The van der Waals surface area contributed by atoms with Crippen molar-refractivity contribution in [2.24, 2.45) is 0 Å². The van der Waals surface area contributed by atoms with E-state index in [0.29, 0.717) is 17.9 Å². The number of pyridine rings is 1. The predicted molar refractivity (Wildman–Crippen MR) is 87.0 cm³/mol. The van der Waals surface area contributed by atoms with Crippen LogP contribution in [0.3, 0.4) is 0 Å². The number of carbonyl (C=O) groups is 1. The van der Waals surface area contributed by atoms with E-state index in [-0.39, 0.29) is 11.9 Å². The molecule has 2 aromatic heterocycles. The minimum Gasteiger partial charge on any atom is -0.467 e. The van der Waals surface area contributed by atoms with E-state index in [4.69, 9.17) is 4.42 Å². The summed E-state index contributed by atoms with van der Waals surface area (Å²) in [5.74, 6) is 0.246. The molecule has 0 fully saturated rings. The van der Waals surface area contributed by atoms with Crippen LogP contribution in [0.15, 0.2) is 59.3 Å². The van der Waals surface area contributed by atoms with Gasteiger partial charge in [-0.05, 0) is 30.5 Å². The van der Waals surface area contributed by atoms with Gasteiger partial charge in [0.15, 0.2) is 0 Å². The second kappa shape index (κ2) is 6.62. The number of nitrogens with zero attached hydrogens (tertiary/aromatic N) is 1. The average molecular weight is 310 g/mol. The molecular formula is C18H18N2O3. The number of furan rings is 1. The molecule has 1 amide bonds. The lowest BCUT2D eigenvalue weighted by atomic mass is 10.1. The van der Waals surface area contributed by atoms with Crippen molar-refractivity contribution in [1.82, 2.24) is 10.3 Å². The average Bonchev–Trinajstić information content (AvgIpc) is 3.08. The number of rotatable bonds is 5. The van der Waals surface area contributed by atoms with Crippen molar-refractivity contribution >= 4 is 16.7 Å². The van der Waals surface area contributed by atoms with Crippen LogP contribution in [0.1, 0.15) is 35.7 Å². The molecule has 23 heavy (non-hydrogen) atoms. The molecule has 0 aliphatic heterocycles. The number of hydrogen-bond donors (Lipinski definition) is 2. The fraction of sp³-hybridized carbons (Fsp3) is 0.222. The second-order valence-corrected chi connectivity index (χ2v) is 5.52. The van der Waals surface area contributed by atoms with Crippen molar-refractivity contribution < 1.29 is 14.3 Å². The Balaban J connectivity index is 1.70. The summed E-state index contributed by atoms with van der Waals surface area (Å²) in [5.41, 5.74) is 0.391. The van der Waals surface area contributed by atoms with Gasteiger partial charge in [-0.15, -0.1) is 0 Å². The van der Waals surface area contributed by atoms with Crippen molar-refractivity contribution in [1.29, 1.82) is 0 Å². The van der Waals surface area contributed by atoms with E-state index < -0.39 is 6.10 Å². The lowest BCUT2D eigenvalue weighted by Gasteiger charge is -2.17. The van der Waals surface area contributed by atoms with Crippen LogP contribution in [0.5, 0.6) is 0 Å². The maximum atomic E-state index is 12.5. The molecule has 1 aromatic carbocycles. The molecular weight excluding hydrogens is 292 g/mol. The molecule has 0 spiro atoms. The monoisotopic (exact) mass is 310 g/mol. The van der Waals surface area contributed by atoms with Crippen LogP contribution in [0.25, 0.3) is 10.8 Å². The van der Waals surface area contributed by atoms with Gasteiger partial charge in [0.2, 0.25) is 0 Å². The topological polar surface area (TPSA) is 75.4 Å². The van der Waals surface area contributed by atoms with Gasteiger partial charge >= 0.3 is 0 Å². The molecule has 118 valence electrons. The molecule has 0 aliphatic rings. The Kier molecular flexibility index (Phi) is 4.39. The summed E-state index contributed by atoms with van der Waals surface area (Å²) in [7, 11) is 0. The summed E-state index contributed by atoms with van der Waals surface area (Å²) >= 11 is 0. The number of aliphatic hydroxyl groups is 1. The SMILES string of the molecule is CC(CC(O)c1ccco1)NC(=O)c1nccc2ccccc12. The van der Waals surface area contributed by atoms with Gasteiger partial charge in [-0.3, -0.25) is 9.78 Å². The molecule has 2 N–H and O–H groups in total. The van der Waals surface area contributed by atoms with Gasteiger partial charge in [-0.1, -0.05) is 24.3 Å². The molecule has 2 heterocycles. The Labute approximate surface area is 134 Å². The number of fused-ring (bicyclic) bond motifs is 1. The fourth-order valence-corrected chi connectivity index (χ4v) is 2.58. The maximum Gasteiger partial charge on any atom is 0.270 e. The van der Waals surface area contributed by atoms with Crippen LogP contribution in [0.4, 0.5) is 0 Å². The van der Waals surface area contributed by atoms with E-state index in [2.05, 4.69) is 10.3 Å². The summed E-state index contributed by atoms with van der Waals surface area (Å²) in [4.78, 5) is 16.7. The summed E-state index contributed by atoms with van der Waals surface area (Å²) in [6.45, 7) is 1.84. The number of aliphatic hydroxyl groups excluding tert-OH is 1. The molecule has 2 atom stereocenters. The first-order valence-electron chi connectivity index (χ1n) is 7.51. The van der Waals surface area contributed by atoms with Gasteiger partial charge in [0.25, 0.3) is 5.91 Å². The van der Waals surface area contributed by atoms with Crippen LogP contribution < -0.4 is 5.32 Å². The van der Waals surface area contributed by atoms with E-state index in [0.717, 1.165) is 10.8 Å². The third-order valence-corrected chi connectivity index (χ3v) is 3.71. The highest BCUT2D eigenvalue weighted by Gasteiger charge is 2.18. The van der Waals surface area contributed by atoms with Crippen LogP contribution in [-0.2, 0) is 0 Å². The van der Waals surface area contributed by atoms with E-state index in [1.165, 1.54) is 6.26 Å². The zero-order valence-electron chi connectivity index (χ0n) is 12.8. The van der Waals surface area contributed by atoms with Crippen LogP contribution >= 0.6 is 0 Å². The quantitative estimate of drug-likeness (QED) is 0.759. The molecule has 0 aliphatic carbocycles. The van der Waals surface area contributed by atoms with Crippen molar-refractivity contribution in [2.75, 3.05) is 0 Å². The molecule has 3 aromatic rings. The third-order valence-electron chi connectivity index (χ3n) is 3.71. The van der Waals surface area contributed by atoms with Gasteiger partial charge in [0, 0.05) is 24.0 Å². The summed E-state index contributed by atoms with van der Waals surface area (Å²) < 4.78 is 5.17. The maximum absolute atomic E-state index is 12.5. The van der Waals surface area contributed by atoms with Gasteiger partial charge in [-0.2, -0.15) is 0 Å². The standard InChI is InChI=1S/C18H18N2O3/c1-12(11-15(21)16-7-4-10-23-16)20-18(22)17-14-6-3-2-5-13(14)8-9-19-17/h2-10,12,15,21H,11H2,1H3,(H,20,22). The van der Waals surface area contributed by atoms with Crippen LogP contribution in [0.2, 0.25) is 0 Å².